The fourth-order valence-electron chi connectivity index (χ4n) is 5.42. The lowest BCUT2D eigenvalue weighted by atomic mass is 9.92. The zero-order chi connectivity index (χ0) is 25.0. The molecule has 7 nitrogen and oxygen atoms in total. The summed E-state index contributed by atoms with van der Waals surface area (Å²) in [5.74, 6) is 2.78. The Labute approximate surface area is 206 Å². The second-order valence-electron chi connectivity index (χ2n) is 10.9. The van der Waals surface area contributed by atoms with E-state index in [2.05, 4.69) is 47.5 Å². The fourth-order valence-corrected chi connectivity index (χ4v) is 6.47. The molecule has 1 heterocycles. The highest BCUT2D eigenvalue weighted by Crippen LogP contribution is 2.45. The maximum absolute atomic E-state index is 13.0. The first kappa shape index (κ1) is 23.6. The van der Waals surface area contributed by atoms with Gasteiger partial charge in [0.05, 0.1) is 21.6 Å². The molecular formula is C27H32N4O3S. The largest absolute Gasteiger partial charge is 0.327 e. The van der Waals surface area contributed by atoms with Crippen molar-refractivity contribution in [1.29, 1.82) is 0 Å². The summed E-state index contributed by atoms with van der Waals surface area (Å²) in [6, 6.07) is 11.7. The van der Waals surface area contributed by atoms with Crippen molar-refractivity contribution < 1.29 is 13.2 Å². The minimum Gasteiger partial charge on any atom is -0.327 e. The number of imidazole rings is 1. The Morgan fingerprint density at radius 3 is 2.37 bits per heavy atom. The molecule has 2 bridgehead atoms. The van der Waals surface area contributed by atoms with Crippen molar-refractivity contribution in [3.8, 4) is 0 Å². The van der Waals surface area contributed by atoms with Gasteiger partial charge in [0, 0.05) is 24.6 Å². The van der Waals surface area contributed by atoms with Crippen LogP contribution in [0.15, 0.2) is 59.5 Å². The molecule has 2 N–H and O–H groups in total. The SMILES string of the molecule is CC(=O)Nc1ccc(S(=O)(=O)Nc2ccc3c(c2)nc(C(C)(C)C)n3CC2CC3C=CC2C3)cc1. The molecule has 0 spiro atoms. The van der Waals surface area contributed by atoms with Gasteiger partial charge in [-0.3, -0.25) is 9.52 Å². The van der Waals surface area contributed by atoms with E-state index < -0.39 is 10.0 Å². The third kappa shape index (κ3) is 4.72. The summed E-state index contributed by atoms with van der Waals surface area (Å²) in [4.78, 5) is 16.3. The zero-order valence-electron chi connectivity index (χ0n) is 20.6. The number of carbonyl (C=O) groups excluding carboxylic acids is 1. The number of sulfonamides is 1. The quantitative estimate of drug-likeness (QED) is 0.456. The minimum atomic E-state index is -3.79. The van der Waals surface area contributed by atoms with Gasteiger partial charge in [-0.25, -0.2) is 13.4 Å². The van der Waals surface area contributed by atoms with Gasteiger partial charge in [0.15, 0.2) is 0 Å². The molecule has 3 atom stereocenters. The second-order valence-corrected chi connectivity index (χ2v) is 12.5. The smallest absolute Gasteiger partial charge is 0.261 e. The Kier molecular flexibility index (Phi) is 5.74. The highest BCUT2D eigenvalue weighted by Gasteiger charge is 2.37. The van der Waals surface area contributed by atoms with Crippen molar-refractivity contribution in [2.24, 2.45) is 17.8 Å². The molecule has 3 unspecified atom stereocenters. The van der Waals surface area contributed by atoms with Gasteiger partial charge in [-0.05, 0) is 73.1 Å². The standard InChI is InChI=1S/C27H32N4O3S/c1-17(32)28-21-7-10-23(11-8-21)35(33,34)30-22-9-12-25-24(15-22)29-26(27(2,3)4)31(25)16-20-14-18-5-6-19(20)13-18/h5-12,15,18-20,30H,13-14,16H2,1-4H3,(H,28,32). The normalized spacial score (nSPS) is 21.5. The Morgan fingerprint density at radius 1 is 1.06 bits per heavy atom. The molecule has 2 aliphatic rings. The number of rotatable bonds is 6. The van der Waals surface area contributed by atoms with E-state index in [-0.39, 0.29) is 16.2 Å². The summed E-state index contributed by atoms with van der Waals surface area (Å²) in [6.07, 6.45) is 7.23. The molecule has 1 amide bonds. The van der Waals surface area contributed by atoms with Crippen LogP contribution in [-0.2, 0) is 26.8 Å². The van der Waals surface area contributed by atoms with Gasteiger partial charge < -0.3 is 9.88 Å². The molecule has 1 fully saturated rings. The molecule has 0 radical (unpaired) electrons. The van der Waals surface area contributed by atoms with Gasteiger partial charge in [0.1, 0.15) is 5.82 Å². The molecule has 5 rings (SSSR count). The molecular weight excluding hydrogens is 460 g/mol. The van der Waals surface area contributed by atoms with Crippen LogP contribution < -0.4 is 10.0 Å². The van der Waals surface area contributed by atoms with Gasteiger partial charge in [0.2, 0.25) is 5.91 Å². The molecule has 2 aromatic carbocycles. The van der Waals surface area contributed by atoms with Crippen LogP contribution in [-0.4, -0.2) is 23.9 Å². The van der Waals surface area contributed by atoms with Gasteiger partial charge >= 0.3 is 0 Å². The molecule has 1 aromatic heterocycles. The summed E-state index contributed by atoms with van der Waals surface area (Å²) < 4.78 is 31.0. The predicted molar refractivity (Wildman–Crippen MR) is 139 cm³/mol. The maximum Gasteiger partial charge on any atom is 0.261 e. The van der Waals surface area contributed by atoms with Gasteiger partial charge in [0.25, 0.3) is 10.0 Å². The van der Waals surface area contributed by atoms with E-state index in [4.69, 9.17) is 4.98 Å². The molecule has 0 aliphatic heterocycles. The Bertz CT molecular complexity index is 1420. The lowest BCUT2D eigenvalue weighted by molar-refractivity contribution is -0.114. The van der Waals surface area contributed by atoms with Crippen molar-refractivity contribution in [1.82, 2.24) is 9.55 Å². The van der Waals surface area contributed by atoms with Crippen LogP contribution in [0.4, 0.5) is 11.4 Å². The van der Waals surface area contributed by atoms with E-state index in [0.29, 0.717) is 29.1 Å². The number of amides is 1. The first-order chi connectivity index (χ1) is 16.5. The number of nitrogens with one attached hydrogen (secondary N) is 2. The van der Waals surface area contributed by atoms with Crippen LogP contribution in [0.2, 0.25) is 0 Å². The van der Waals surface area contributed by atoms with Crippen LogP contribution in [0.25, 0.3) is 11.0 Å². The second kappa shape index (κ2) is 8.52. The van der Waals surface area contributed by atoms with E-state index in [9.17, 15) is 13.2 Å². The highest BCUT2D eigenvalue weighted by atomic mass is 32.2. The number of aromatic nitrogens is 2. The number of allylic oxidation sites excluding steroid dienone is 2. The number of hydrogen-bond acceptors (Lipinski definition) is 4. The van der Waals surface area contributed by atoms with E-state index in [1.165, 1.54) is 31.9 Å². The monoisotopic (exact) mass is 492 g/mol. The number of fused-ring (bicyclic) bond motifs is 3. The predicted octanol–water partition coefficient (Wildman–Crippen LogP) is 5.31. The molecule has 184 valence electrons. The van der Waals surface area contributed by atoms with Gasteiger partial charge in [-0.2, -0.15) is 0 Å². The molecule has 35 heavy (non-hydrogen) atoms. The Balaban J connectivity index is 1.43. The summed E-state index contributed by atoms with van der Waals surface area (Å²) in [5.41, 5.74) is 2.70. The number of anilines is 2. The third-order valence-corrected chi connectivity index (χ3v) is 8.39. The zero-order valence-corrected chi connectivity index (χ0v) is 21.4. The minimum absolute atomic E-state index is 0.122. The van der Waals surface area contributed by atoms with Crippen molar-refractivity contribution in [3.05, 3.63) is 60.4 Å². The number of carbonyl (C=O) groups is 1. The summed E-state index contributed by atoms with van der Waals surface area (Å²) in [5, 5.41) is 2.64. The molecule has 3 aromatic rings. The topological polar surface area (TPSA) is 93.1 Å². The number of benzene rings is 2. The average molecular weight is 493 g/mol. The van der Waals surface area contributed by atoms with E-state index in [1.807, 2.05) is 12.1 Å². The summed E-state index contributed by atoms with van der Waals surface area (Å²) >= 11 is 0. The molecule has 0 saturated heterocycles. The maximum atomic E-state index is 13.0. The molecule has 1 saturated carbocycles. The van der Waals surface area contributed by atoms with Crippen molar-refractivity contribution >= 4 is 38.3 Å². The van der Waals surface area contributed by atoms with Crippen molar-refractivity contribution in [3.63, 3.8) is 0 Å². The van der Waals surface area contributed by atoms with Crippen molar-refractivity contribution in [2.45, 2.75) is 57.4 Å². The first-order valence-electron chi connectivity index (χ1n) is 12.1. The lowest BCUT2D eigenvalue weighted by Crippen LogP contribution is -2.23. The Morgan fingerprint density at radius 2 is 1.77 bits per heavy atom. The van der Waals surface area contributed by atoms with Crippen LogP contribution in [0.5, 0.6) is 0 Å². The Hall–Kier alpha value is -3.13. The van der Waals surface area contributed by atoms with E-state index in [0.717, 1.165) is 23.4 Å². The first-order valence-corrected chi connectivity index (χ1v) is 13.6. The van der Waals surface area contributed by atoms with Gasteiger partial charge in [-0.1, -0.05) is 32.9 Å². The van der Waals surface area contributed by atoms with Crippen LogP contribution in [0.3, 0.4) is 0 Å². The highest BCUT2D eigenvalue weighted by molar-refractivity contribution is 7.92. The number of hydrogen-bond donors (Lipinski definition) is 2. The van der Waals surface area contributed by atoms with E-state index >= 15 is 0 Å². The number of nitrogens with zero attached hydrogens (tertiary/aromatic N) is 2. The van der Waals surface area contributed by atoms with Crippen LogP contribution in [0, 0.1) is 17.8 Å². The van der Waals surface area contributed by atoms with Crippen LogP contribution in [0.1, 0.15) is 46.4 Å². The summed E-state index contributed by atoms with van der Waals surface area (Å²) in [6.45, 7) is 8.84. The summed E-state index contributed by atoms with van der Waals surface area (Å²) in [7, 11) is -3.79. The molecule has 2 aliphatic carbocycles. The third-order valence-electron chi connectivity index (χ3n) is 6.99. The van der Waals surface area contributed by atoms with Crippen molar-refractivity contribution in [2.75, 3.05) is 10.0 Å². The average Bonchev–Trinajstić information content (AvgIpc) is 3.48. The lowest BCUT2D eigenvalue weighted by Gasteiger charge is -2.25. The fraction of sp³-hybridized carbons (Fsp3) is 0.407. The molecule has 8 heteroatoms. The van der Waals surface area contributed by atoms with E-state index in [1.54, 1.807) is 18.2 Å². The van der Waals surface area contributed by atoms with Crippen LogP contribution >= 0.6 is 0 Å². The van der Waals surface area contributed by atoms with Gasteiger partial charge in [-0.15, -0.1) is 0 Å².